The van der Waals surface area contributed by atoms with Crippen molar-refractivity contribution in [3.05, 3.63) is 100 Å². The van der Waals surface area contributed by atoms with Gasteiger partial charge in [-0.05, 0) is 60.5 Å². The molecule has 0 saturated carbocycles. The van der Waals surface area contributed by atoms with Crippen molar-refractivity contribution in [3.8, 4) is 0 Å². The van der Waals surface area contributed by atoms with Crippen LogP contribution in [0.1, 0.15) is 53.9 Å². The van der Waals surface area contributed by atoms with Crippen LogP contribution in [0, 0.1) is 5.82 Å². The molecule has 6 nitrogen and oxygen atoms in total. The summed E-state index contributed by atoms with van der Waals surface area (Å²) in [6, 6.07) is 16.1. The third kappa shape index (κ3) is 3.80. The molecule has 3 aromatic carbocycles. The molecule has 0 fully saturated rings. The van der Waals surface area contributed by atoms with Gasteiger partial charge in [0, 0.05) is 5.56 Å². The molecule has 2 amide bonds. The molecule has 0 atom stereocenters. The monoisotopic (exact) mass is 431 g/mol. The SMILES string of the molecule is CCc1ccccc1N1C(=O)c2ccc(C(=O)OCC(=O)c3ccc(F)cc3)cc2C1=O. The molecule has 0 radical (unpaired) electrons. The summed E-state index contributed by atoms with van der Waals surface area (Å²) < 4.78 is 18.0. The first-order chi connectivity index (χ1) is 15.4. The summed E-state index contributed by atoms with van der Waals surface area (Å²) in [7, 11) is 0. The largest absolute Gasteiger partial charge is 0.454 e. The van der Waals surface area contributed by atoms with E-state index in [1.165, 1.54) is 30.3 Å². The van der Waals surface area contributed by atoms with Gasteiger partial charge in [0.25, 0.3) is 11.8 Å². The fourth-order valence-electron chi connectivity index (χ4n) is 3.55. The van der Waals surface area contributed by atoms with Gasteiger partial charge in [0.05, 0.1) is 22.4 Å². The van der Waals surface area contributed by atoms with E-state index >= 15 is 0 Å². The number of esters is 1. The first kappa shape index (κ1) is 21.1. The van der Waals surface area contributed by atoms with Crippen molar-refractivity contribution >= 4 is 29.3 Å². The highest BCUT2D eigenvalue weighted by molar-refractivity contribution is 6.35. The number of rotatable bonds is 6. The number of carbonyl (C=O) groups is 4. The number of nitrogens with zero attached hydrogens (tertiary/aromatic N) is 1. The van der Waals surface area contributed by atoms with Gasteiger partial charge in [0.2, 0.25) is 0 Å². The van der Waals surface area contributed by atoms with Crippen LogP contribution in [-0.2, 0) is 11.2 Å². The Labute approximate surface area is 183 Å². The summed E-state index contributed by atoms with van der Waals surface area (Å²) >= 11 is 0. The number of imide groups is 1. The molecular formula is C25H18FNO5. The Hall–Kier alpha value is -4.13. The predicted octanol–water partition coefficient (Wildman–Crippen LogP) is 4.23. The number of ketones is 1. The Kier molecular flexibility index (Phi) is 5.64. The van der Waals surface area contributed by atoms with E-state index in [4.69, 9.17) is 4.74 Å². The number of hydrogen-bond acceptors (Lipinski definition) is 5. The Bertz CT molecular complexity index is 1250. The van der Waals surface area contributed by atoms with Gasteiger partial charge in [-0.15, -0.1) is 0 Å². The van der Waals surface area contributed by atoms with Gasteiger partial charge in [0.1, 0.15) is 5.82 Å². The lowest BCUT2D eigenvalue weighted by atomic mass is 10.1. The normalized spacial score (nSPS) is 12.6. The average Bonchev–Trinajstić information content (AvgIpc) is 3.06. The van der Waals surface area contributed by atoms with Crippen molar-refractivity contribution in [2.24, 2.45) is 0 Å². The zero-order chi connectivity index (χ0) is 22.8. The second-order valence-corrected chi connectivity index (χ2v) is 7.19. The van der Waals surface area contributed by atoms with E-state index in [9.17, 15) is 23.6 Å². The van der Waals surface area contributed by atoms with Crippen LogP contribution in [0.25, 0.3) is 0 Å². The van der Waals surface area contributed by atoms with E-state index < -0.39 is 36.0 Å². The van der Waals surface area contributed by atoms with E-state index in [-0.39, 0.29) is 22.3 Å². The quantitative estimate of drug-likeness (QED) is 0.332. The van der Waals surface area contributed by atoms with Crippen molar-refractivity contribution in [2.45, 2.75) is 13.3 Å². The smallest absolute Gasteiger partial charge is 0.338 e. The minimum absolute atomic E-state index is 0.0439. The lowest BCUT2D eigenvalue weighted by Crippen LogP contribution is -2.30. The van der Waals surface area contributed by atoms with Crippen LogP contribution in [0.3, 0.4) is 0 Å². The predicted molar refractivity (Wildman–Crippen MR) is 114 cm³/mol. The molecule has 0 bridgehead atoms. The molecule has 1 aliphatic heterocycles. The van der Waals surface area contributed by atoms with Crippen molar-refractivity contribution < 1.29 is 28.3 Å². The number of aryl methyl sites for hydroxylation is 1. The lowest BCUT2D eigenvalue weighted by Gasteiger charge is -2.17. The highest BCUT2D eigenvalue weighted by Gasteiger charge is 2.38. The highest BCUT2D eigenvalue weighted by Crippen LogP contribution is 2.31. The number of para-hydroxylation sites is 1. The standard InChI is InChI=1S/C25H18FNO5/c1-2-15-5-3-4-6-21(15)27-23(29)19-12-9-17(13-20(19)24(27)30)25(31)32-14-22(28)16-7-10-18(26)11-8-16/h3-13H,2,14H2,1H3. The number of Topliss-reactive ketones (excluding diaryl/α,β-unsaturated/α-hetero) is 1. The first-order valence-electron chi connectivity index (χ1n) is 9.97. The number of halogens is 1. The Morgan fingerprint density at radius 1 is 0.875 bits per heavy atom. The summed E-state index contributed by atoms with van der Waals surface area (Å²) in [6.45, 7) is 1.39. The van der Waals surface area contributed by atoms with Crippen LogP contribution in [0.2, 0.25) is 0 Å². The molecule has 4 rings (SSSR count). The summed E-state index contributed by atoms with van der Waals surface area (Å²) in [5.41, 5.74) is 1.90. The van der Waals surface area contributed by atoms with Crippen molar-refractivity contribution in [2.75, 3.05) is 11.5 Å². The van der Waals surface area contributed by atoms with Crippen LogP contribution >= 0.6 is 0 Å². The van der Waals surface area contributed by atoms with Crippen LogP contribution < -0.4 is 4.90 Å². The molecule has 0 saturated heterocycles. The average molecular weight is 431 g/mol. The van der Waals surface area contributed by atoms with Crippen LogP contribution in [0.4, 0.5) is 10.1 Å². The number of carbonyl (C=O) groups excluding carboxylic acids is 4. The second-order valence-electron chi connectivity index (χ2n) is 7.19. The van der Waals surface area contributed by atoms with Gasteiger partial charge in [0.15, 0.2) is 12.4 Å². The van der Waals surface area contributed by atoms with Gasteiger partial charge in [-0.2, -0.15) is 0 Å². The summed E-state index contributed by atoms with van der Waals surface area (Å²) in [5, 5.41) is 0. The molecule has 0 aliphatic carbocycles. The van der Waals surface area contributed by atoms with Gasteiger partial charge in [-0.3, -0.25) is 14.4 Å². The molecule has 0 N–H and O–H groups in total. The molecular weight excluding hydrogens is 413 g/mol. The Balaban J connectivity index is 1.52. The minimum Gasteiger partial charge on any atom is -0.454 e. The van der Waals surface area contributed by atoms with Gasteiger partial charge < -0.3 is 4.74 Å². The van der Waals surface area contributed by atoms with E-state index in [0.717, 1.165) is 22.6 Å². The maximum atomic E-state index is 13.0. The van der Waals surface area contributed by atoms with Crippen LogP contribution in [-0.4, -0.2) is 30.2 Å². The third-order valence-electron chi connectivity index (χ3n) is 5.24. The van der Waals surface area contributed by atoms with E-state index in [1.54, 1.807) is 12.1 Å². The maximum Gasteiger partial charge on any atom is 0.338 e. The van der Waals surface area contributed by atoms with Crippen molar-refractivity contribution in [3.63, 3.8) is 0 Å². The topological polar surface area (TPSA) is 80.8 Å². The lowest BCUT2D eigenvalue weighted by molar-refractivity contribution is 0.0474. The molecule has 160 valence electrons. The zero-order valence-corrected chi connectivity index (χ0v) is 17.1. The molecule has 1 aliphatic rings. The molecule has 32 heavy (non-hydrogen) atoms. The van der Waals surface area contributed by atoms with Gasteiger partial charge in [-0.25, -0.2) is 14.1 Å². The summed E-state index contributed by atoms with van der Waals surface area (Å²) in [5.74, 6) is -2.77. The number of fused-ring (bicyclic) bond motifs is 1. The second kappa shape index (κ2) is 8.55. The zero-order valence-electron chi connectivity index (χ0n) is 17.1. The molecule has 0 aromatic heterocycles. The molecule has 3 aromatic rings. The first-order valence-corrected chi connectivity index (χ1v) is 9.97. The summed E-state index contributed by atoms with van der Waals surface area (Å²) in [4.78, 5) is 51.5. The fourth-order valence-corrected chi connectivity index (χ4v) is 3.55. The molecule has 1 heterocycles. The number of anilines is 1. The maximum absolute atomic E-state index is 13.0. The van der Waals surface area contributed by atoms with Gasteiger partial charge in [-0.1, -0.05) is 25.1 Å². The third-order valence-corrected chi connectivity index (χ3v) is 5.24. The number of ether oxygens (including phenoxy) is 1. The van der Waals surface area contributed by atoms with Crippen LogP contribution in [0.15, 0.2) is 66.7 Å². The van der Waals surface area contributed by atoms with Crippen LogP contribution in [0.5, 0.6) is 0 Å². The highest BCUT2D eigenvalue weighted by atomic mass is 19.1. The molecule has 7 heteroatoms. The van der Waals surface area contributed by atoms with E-state index in [2.05, 4.69) is 0 Å². The number of amides is 2. The molecule has 0 unspecified atom stereocenters. The summed E-state index contributed by atoms with van der Waals surface area (Å²) in [6.07, 6.45) is 0.642. The number of hydrogen-bond donors (Lipinski definition) is 0. The van der Waals surface area contributed by atoms with Gasteiger partial charge >= 0.3 is 5.97 Å². The Morgan fingerprint density at radius 2 is 1.53 bits per heavy atom. The van der Waals surface area contributed by atoms with Crippen molar-refractivity contribution in [1.82, 2.24) is 0 Å². The Morgan fingerprint density at radius 3 is 2.25 bits per heavy atom. The van der Waals surface area contributed by atoms with E-state index in [1.807, 2.05) is 19.1 Å². The van der Waals surface area contributed by atoms with Crippen molar-refractivity contribution in [1.29, 1.82) is 0 Å². The minimum atomic E-state index is -0.809. The fraction of sp³-hybridized carbons (Fsp3) is 0.120. The number of benzene rings is 3. The van der Waals surface area contributed by atoms with E-state index in [0.29, 0.717) is 12.1 Å². The molecule has 0 spiro atoms.